The second kappa shape index (κ2) is 10.3. The van der Waals surface area contributed by atoms with Crippen LogP contribution in [0.1, 0.15) is 43.4 Å². The van der Waals surface area contributed by atoms with Crippen molar-refractivity contribution in [3.8, 4) is 0 Å². The number of carboxylic acid groups (broad SMARTS) is 1. The van der Waals surface area contributed by atoms with Gasteiger partial charge in [0.1, 0.15) is 0 Å². The standard InChI is InChI=1S/C20H29N3O2S.CH2O2/c1-2-26-14-19(24)22-10-15-9-17(13-22)18-6-5-16(20(25)23(18)11-15)12-21-7-3-4-8-21;2-1-3/h5-6,15,17H,2-4,7-14H2,1H3;1H,(H,2,3)/t15-,17+;/m0./s1. The van der Waals surface area contributed by atoms with Crippen LogP contribution in [0.4, 0.5) is 0 Å². The first-order valence-electron chi connectivity index (χ1n) is 10.5. The third-order valence-electron chi connectivity index (χ3n) is 6.06. The molecular formula is C21H31N3O4S. The molecule has 4 rings (SSSR count). The largest absolute Gasteiger partial charge is 0.483 e. The van der Waals surface area contributed by atoms with Crippen LogP contribution in [0.5, 0.6) is 0 Å². The number of nitrogens with zero attached hydrogens (tertiary/aromatic N) is 3. The topological polar surface area (TPSA) is 82.9 Å². The number of thioether (sulfide) groups is 1. The number of likely N-dealkylation sites (tertiary alicyclic amines) is 2. The maximum absolute atomic E-state index is 13.0. The molecule has 1 aromatic heterocycles. The van der Waals surface area contributed by atoms with Gasteiger partial charge < -0.3 is 14.6 Å². The molecule has 2 atom stereocenters. The molecule has 1 N–H and O–H groups in total. The third-order valence-corrected chi connectivity index (χ3v) is 6.92. The number of rotatable bonds is 5. The molecule has 4 heterocycles. The van der Waals surface area contributed by atoms with Crippen molar-refractivity contribution in [2.75, 3.05) is 37.7 Å². The molecule has 0 aromatic carbocycles. The number of hydrogen-bond acceptors (Lipinski definition) is 5. The Labute approximate surface area is 176 Å². The number of fused-ring (bicyclic) bond motifs is 4. The molecule has 0 saturated carbocycles. The maximum atomic E-state index is 13.0. The summed E-state index contributed by atoms with van der Waals surface area (Å²) in [7, 11) is 0. The van der Waals surface area contributed by atoms with Crippen molar-refractivity contribution < 1.29 is 14.7 Å². The lowest BCUT2D eigenvalue weighted by Crippen LogP contribution is -2.50. The Balaban J connectivity index is 0.000000755. The Morgan fingerprint density at radius 2 is 1.97 bits per heavy atom. The molecule has 0 unspecified atom stereocenters. The van der Waals surface area contributed by atoms with E-state index in [4.69, 9.17) is 9.90 Å². The first-order chi connectivity index (χ1) is 14.1. The van der Waals surface area contributed by atoms with Gasteiger partial charge in [-0.2, -0.15) is 11.8 Å². The summed E-state index contributed by atoms with van der Waals surface area (Å²) in [6, 6.07) is 4.20. The molecule has 2 fully saturated rings. The molecule has 160 valence electrons. The van der Waals surface area contributed by atoms with Gasteiger partial charge in [-0.15, -0.1) is 0 Å². The summed E-state index contributed by atoms with van der Waals surface area (Å²) < 4.78 is 2.02. The van der Waals surface area contributed by atoms with Gasteiger partial charge in [-0.25, -0.2) is 0 Å². The van der Waals surface area contributed by atoms with Crippen molar-refractivity contribution >= 4 is 24.1 Å². The van der Waals surface area contributed by atoms with Crippen LogP contribution in [0.3, 0.4) is 0 Å². The highest BCUT2D eigenvalue weighted by molar-refractivity contribution is 7.99. The van der Waals surface area contributed by atoms with Gasteiger partial charge in [0.25, 0.3) is 12.0 Å². The van der Waals surface area contributed by atoms with Crippen molar-refractivity contribution in [3.63, 3.8) is 0 Å². The van der Waals surface area contributed by atoms with Crippen LogP contribution in [0.25, 0.3) is 0 Å². The van der Waals surface area contributed by atoms with Crippen LogP contribution in [-0.2, 0) is 22.7 Å². The number of hydrogen-bond donors (Lipinski definition) is 1. The van der Waals surface area contributed by atoms with Crippen molar-refractivity contribution in [2.24, 2.45) is 5.92 Å². The molecular weight excluding hydrogens is 390 g/mol. The van der Waals surface area contributed by atoms with E-state index in [1.165, 1.54) is 12.8 Å². The SMILES string of the molecule is CCSCC(=O)N1C[C@@H]2C[C@H](C1)c1ccc(CN3CCCC3)c(=O)n1C2.O=CO. The number of carbonyl (C=O) groups excluding carboxylic acids is 1. The Bertz CT molecular complexity index is 776. The number of carbonyl (C=O) groups is 2. The number of aromatic nitrogens is 1. The average molecular weight is 422 g/mol. The van der Waals surface area contributed by atoms with Crippen molar-refractivity contribution in [2.45, 2.75) is 45.2 Å². The summed E-state index contributed by atoms with van der Waals surface area (Å²) in [5.74, 6) is 2.54. The van der Waals surface area contributed by atoms with Crippen LogP contribution < -0.4 is 5.56 Å². The summed E-state index contributed by atoms with van der Waals surface area (Å²) >= 11 is 1.69. The van der Waals surface area contributed by atoms with Gasteiger partial charge >= 0.3 is 0 Å². The van der Waals surface area contributed by atoms with Gasteiger partial charge in [0.05, 0.1) is 5.75 Å². The van der Waals surface area contributed by atoms with Crippen LogP contribution in [-0.4, -0.2) is 69.5 Å². The minimum absolute atomic E-state index is 0.199. The molecule has 29 heavy (non-hydrogen) atoms. The van der Waals surface area contributed by atoms with E-state index in [-0.39, 0.29) is 17.9 Å². The molecule has 3 aliphatic rings. The zero-order valence-corrected chi connectivity index (χ0v) is 17.9. The fourth-order valence-electron chi connectivity index (χ4n) is 4.78. The normalized spacial score (nSPS) is 23.1. The van der Waals surface area contributed by atoms with Crippen LogP contribution in [0.2, 0.25) is 0 Å². The lowest BCUT2D eigenvalue weighted by molar-refractivity contribution is -0.131. The highest BCUT2D eigenvalue weighted by Crippen LogP contribution is 2.35. The lowest BCUT2D eigenvalue weighted by Gasteiger charge is -2.43. The maximum Gasteiger partial charge on any atom is 0.290 e. The number of piperidine rings is 1. The minimum atomic E-state index is -0.250. The van der Waals surface area contributed by atoms with E-state index in [0.717, 1.165) is 62.7 Å². The minimum Gasteiger partial charge on any atom is -0.483 e. The number of amides is 1. The van der Waals surface area contributed by atoms with Gasteiger partial charge in [-0.1, -0.05) is 13.0 Å². The Kier molecular flexibility index (Phi) is 7.77. The fraction of sp³-hybridized carbons (Fsp3) is 0.667. The zero-order chi connectivity index (χ0) is 20.8. The predicted molar refractivity (Wildman–Crippen MR) is 114 cm³/mol. The average Bonchev–Trinajstić information content (AvgIpc) is 3.22. The zero-order valence-electron chi connectivity index (χ0n) is 17.1. The quantitative estimate of drug-likeness (QED) is 0.731. The van der Waals surface area contributed by atoms with E-state index >= 15 is 0 Å². The number of pyridine rings is 1. The molecule has 3 aliphatic heterocycles. The lowest BCUT2D eigenvalue weighted by atomic mass is 9.83. The summed E-state index contributed by atoms with van der Waals surface area (Å²) in [6.45, 7) is 7.19. The van der Waals surface area contributed by atoms with Crippen molar-refractivity contribution in [1.29, 1.82) is 0 Å². The van der Waals surface area contributed by atoms with Crippen molar-refractivity contribution in [1.82, 2.24) is 14.4 Å². The summed E-state index contributed by atoms with van der Waals surface area (Å²) in [5.41, 5.74) is 2.27. The molecule has 1 aromatic rings. The second-order valence-corrected chi connectivity index (χ2v) is 9.30. The highest BCUT2D eigenvalue weighted by Gasteiger charge is 2.36. The second-order valence-electron chi connectivity index (χ2n) is 8.02. The Morgan fingerprint density at radius 1 is 1.24 bits per heavy atom. The molecule has 1 amide bonds. The molecule has 0 aliphatic carbocycles. The van der Waals surface area contributed by atoms with Crippen molar-refractivity contribution in [3.05, 3.63) is 33.7 Å². The molecule has 8 heteroatoms. The first kappa shape index (κ1) is 21.9. The fourth-order valence-corrected chi connectivity index (χ4v) is 5.34. The van der Waals surface area contributed by atoms with E-state index in [1.807, 2.05) is 15.5 Å². The van der Waals surface area contributed by atoms with Crippen LogP contribution in [0, 0.1) is 5.92 Å². The van der Waals surface area contributed by atoms with Gasteiger partial charge in [-0.05, 0) is 50.1 Å². The van der Waals surface area contributed by atoms with Crippen LogP contribution >= 0.6 is 11.8 Å². The summed E-state index contributed by atoms with van der Waals surface area (Å²) in [6.07, 6.45) is 3.60. The summed E-state index contributed by atoms with van der Waals surface area (Å²) in [5, 5.41) is 6.89. The molecule has 2 saturated heterocycles. The summed E-state index contributed by atoms with van der Waals surface area (Å²) in [4.78, 5) is 38.3. The molecule has 0 spiro atoms. The van der Waals surface area contributed by atoms with Gasteiger partial charge in [-0.3, -0.25) is 19.3 Å². The van der Waals surface area contributed by atoms with E-state index in [2.05, 4.69) is 17.9 Å². The Hall–Kier alpha value is -1.80. The van der Waals surface area contributed by atoms with Crippen LogP contribution in [0.15, 0.2) is 16.9 Å². The monoisotopic (exact) mass is 421 g/mol. The predicted octanol–water partition coefficient (Wildman–Crippen LogP) is 1.84. The smallest absolute Gasteiger partial charge is 0.290 e. The van der Waals surface area contributed by atoms with Gasteiger partial charge in [0.15, 0.2) is 0 Å². The third kappa shape index (κ3) is 5.22. The first-order valence-corrected chi connectivity index (χ1v) is 11.6. The van der Waals surface area contributed by atoms with E-state index < -0.39 is 0 Å². The molecule has 0 radical (unpaired) electrons. The van der Waals surface area contributed by atoms with E-state index in [0.29, 0.717) is 17.6 Å². The van der Waals surface area contributed by atoms with Gasteiger partial charge in [0, 0.05) is 43.4 Å². The van der Waals surface area contributed by atoms with E-state index in [9.17, 15) is 9.59 Å². The highest BCUT2D eigenvalue weighted by atomic mass is 32.2. The van der Waals surface area contributed by atoms with Gasteiger partial charge in [0.2, 0.25) is 5.91 Å². The molecule has 2 bridgehead atoms. The molecule has 7 nitrogen and oxygen atoms in total. The van der Waals surface area contributed by atoms with E-state index in [1.54, 1.807) is 11.8 Å². The Morgan fingerprint density at radius 3 is 2.66 bits per heavy atom.